The van der Waals surface area contributed by atoms with Gasteiger partial charge in [-0.15, -0.1) is 6.58 Å². The fourth-order valence-electron chi connectivity index (χ4n) is 2.91. The highest BCUT2D eigenvalue weighted by atomic mass is 16.5. The number of hydrogen-bond donors (Lipinski definition) is 1. The van der Waals surface area contributed by atoms with Gasteiger partial charge in [-0.2, -0.15) is 0 Å². The Hall–Kier alpha value is -2.29. The second-order valence-corrected chi connectivity index (χ2v) is 6.47. The van der Waals surface area contributed by atoms with E-state index in [4.69, 9.17) is 4.74 Å². The molecule has 3 nitrogen and oxygen atoms in total. The Labute approximate surface area is 145 Å². The maximum Gasteiger partial charge on any atom is 0.224 e. The molecule has 0 spiro atoms. The fraction of sp³-hybridized carbons (Fsp3) is 0.381. The molecule has 1 aromatic heterocycles. The van der Waals surface area contributed by atoms with Crippen molar-refractivity contribution in [3.63, 3.8) is 0 Å². The maximum absolute atomic E-state index is 6.22. The summed E-state index contributed by atoms with van der Waals surface area (Å²) in [5.74, 6) is 1.55. The van der Waals surface area contributed by atoms with E-state index < -0.39 is 0 Å². The Bertz CT molecular complexity index is 727. The molecule has 0 aliphatic rings. The van der Waals surface area contributed by atoms with Crippen LogP contribution in [0.2, 0.25) is 0 Å². The predicted molar refractivity (Wildman–Crippen MR) is 102 cm³/mol. The number of nitrogens with zero attached hydrogens (tertiary/aromatic N) is 1. The van der Waals surface area contributed by atoms with E-state index in [1.807, 2.05) is 19.9 Å². The van der Waals surface area contributed by atoms with Gasteiger partial charge in [0.15, 0.2) is 0 Å². The zero-order chi connectivity index (χ0) is 17.9. The predicted octanol–water partition coefficient (Wildman–Crippen LogP) is 5.79. The molecule has 2 aromatic rings. The van der Waals surface area contributed by atoms with Gasteiger partial charge in [-0.3, -0.25) is 0 Å². The zero-order valence-electron chi connectivity index (χ0n) is 15.7. The van der Waals surface area contributed by atoms with Crippen LogP contribution in [0.3, 0.4) is 0 Å². The van der Waals surface area contributed by atoms with Crippen LogP contribution in [0.15, 0.2) is 30.9 Å². The highest BCUT2D eigenvalue weighted by Gasteiger charge is 2.14. The van der Waals surface area contributed by atoms with Crippen LogP contribution in [0.5, 0.6) is 11.6 Å². The molecule has 24 heavy (non-hydrogen) atoms. The lowest BCUT2D eigenvalue weighted by Crippen LogP contribution is -2.16. The summed E-state index contributed by atoms with van der Waals surface area (Å²) in [6, 6.07) is 6.57. The Morgan fingerprint density at radius 2 is 1.75 bits per heavy atom. The molecule has 0 bridgehead atoms. The van der Waals surface area contributed by atoms with Crippen molar-refractivity contribution in [2.75, 3.05) is 5.32 Å². The monoisotopic (exact) mass is 324 g/mol. The number of nitrogens with one attached hydrogen (secondary N) is 1. The summed E-state index contributed by atoms with van der Waals surface area (Å²) in [4.78, 5) is 4.60. The van der Waals surface area contributed by atoms with Gasteiger partial charge in [0.2, 0.25) is 5.88 Å². The van der Waals surface area contributed by atoms with Crippen LogP contribution >= 0.6 is 0 Å². The number of benzene rings is 1. The number of hydrogen-bond acceptors (Lipinski definition) is 3. The van der Waals surface area contributed by atoms with Crippen LogP contribution in [-0.4, -0.2) is 11.0 Å². The highest BCUT2D eigenvalue weighted by molar-refractivity contribution is 5.58. The van der Waals surface area contributed by atoms with Crippen LogP contribution in [0, 0.1) is 34.6 Å². The SMILES string of the molecule is C=CC(CC)Nc1cc(C)nc(Oc2c(C)cc(C)cc2C)c1C. The van der Waals surface area contributed by atoms with Gasteiger partial charge in [0.25, 0.3) is 0 Å². The summed E-state index contributed by atoms with van der Waals surface area (Å²) in [5.41, 5.74) is 6.49. The third-order valence-corrected chi connectivity index (χ3v) is 4.22. The maximum atomic E-state index is 6.22. The van der Waals surface area contributed by atoms with Crippen molar-refractivity contribution in [1.29, 1.82) is 0 Å². The molecule has 0 aliphatic heterocycles. The fourth-order valence-corrected chi connectivity index (χ4v) is 2.91. The first-order chi connectivity index (χ1) is 11.3. The lowest BCUT2D eigenvalue weighted by Gasteiger charge is -2.19. The van der Waals surface area contributed by atoms with Gasteiger partial charge in [-0.1, -0.05) is 30.7 Å². The average Bonchev–Trinajstić information content (AvgIpc) is 2.52. The molecule has 0 radical (unpaired) electrons. The van der Waals surface area contributed by atoms with Gasteiger partial charge in [0.05, 0.1) is 0 Å². The van der Waals surface area contributed by atoms with E-state index in [1.165, 1.54) is 5.56 Å². The first-order valence-corrected chi connectivity index (χ1v) is 8.48. The van der Waals surface area contributed by atoms with Gasteiger partial charge >= 0.3 is 0 Å². The molecule has 0 amide bonds. The summed E-state index contributed by atoms with van der Waals surface area (Å²) in [7, 11) is 0. The van der Waals surface area contributed by atoms with Gasteiger partial charge < -0.3 is 10.1 Å². The Balaban J connectivity index is 2.41. The quantitative estimate of drug-likeness (QED) is 0.683. The van der Waals surface area contributed by atoms with Gasteiger partial charge in [-0.25, -0.2) is 4.98 Å². The summed E-state index contributed by atoms with van der Waals surface area (Å²) in [5, 5.41) is 3.51. The topological polar surface area (TPSA) is 34.2 Å². The van der Waals surface area contributed by atoms with E-state index in [0.717, 1.165) is 40.2 Å². The molecule has 0 saturated heterocycles. The van der Waals surface area contributed by atoms with E-state index in [-0.39, 0.29) is 6.04 Å². The van der Waals surface area contributed by atoms with Crippen LogP contribution in [0.4, 0.5) is 5.69 Å². The molecule has 0 fully saturated rings. The number of aryl methyl sites for hydroxylation is 4. The van der Waals surface area contributed by atoms with Crippen LogP contribution < -0.4 is 10.1 Å². The molecule has 0 aliphatic carbocycles. The first kappa shape index (κ1) is 18.1. The largest absolute Gasteiger partial charge is 0.438 e. The van der Waals surface area contributed by atoms with Crippen molar-refractivity contribution < 1.29 is 4.74 Å². The van der Waals surface area contributed by atoms with Gasteiger partial charge in [-0.05, 0) is 58.2 Å². The van der Waals surface area contributed by atoms with Crippen molar-refractivity contribution >= 4 is 5.69 Å². The van der Waals surface area contributed by atoms with Gasteiger partial charge in [0.1, 0.15) is 5.75 Å². The summed E-state index contributed by atoms with van der Waals surface area (Å²) < 4.78 is 6.22. The second kappa shape index (κ2) is 7.52. The lowest BCUT2D eigenvalue weighted by molar-refractivity contribution is 0.451. The Morgan fingerprint density at radius 1 is 1.12 bits per heavy atom. The minimum Gasteiger partial charge on any atom is -0.438 e. The van der Waals surface area contributed by atoms with Crippen molar-refractivity contribution in [2.45, 2.75) is 54.0 Å². The normalized spacial score (nSPS) is 11.9. The summed E-state index contributed by atoms with van der Waals surface area (Å²) >= 11 is 0. The van der Waals surface area contributed by atoms with E-state index in [1.54, 1.807) is 0 Å². The standard InChI is InChI=1S/C21H28N2O/c1-8-18(9-2)23-19-12-16(6)22-21(17(19)7)24-20-14(4)10-13(3)11-15(20)5/h8,10-12,18H,1,9H2,2-7H3,(H,22,23). The third-order valence-electron chi connectivity index (χ3n) is 4.22. The average molecular weight is 324 g/mol. The van der Waals surface area contributed by atoms with E-state index >= 15 is 0 Å². The second-order valence-electron chi connectivity index (χ2n) is 6.47. The molecular weight excluding hydrogens is 296 g/mol. The minimum atomic E-state index is 0.237. The smallest absolute Gasteiger partial charge is 0.224 e. The summed E-state index contributed by atoms with van der Waals surface area (Å²) in [6.45, 7) is 16.3. The number of pyridine rings is 1. The van der Waals surface area contributed by atoms with Crippen LogP contribution in [-0.2, 0) is 0 Å². The molecule has 0 saturated carbocycles. The lowest BCUT2D eigenvalue weighted by atomic mass is 10.1. The number of aromatic nitrogens is 1. The van der Waals surface area contributed by atoms with Crippen LogP contribution in [0.1, 0.15) is 41.3 Å². The molecular formula is C21H28N2O. The highest BCUT2D eigenvalue weighted by Crippen LogP contribution is 2.33. The number of anilines is 1. The molecule has 2 rings (SSSR count). The molecule has 1 atom stereocenters. The molecule has 1 heterocycles. The van der Waals surface area contributed by atoms with Crippen molar-refractivity contribution in [2.24, 2.45) is 0 Å². The number of ether oxygens (including phenoxy) is 1. The van der Waals surface area contributed by atoms with E-state index in [2.05, 4.69) is 62.8 Å². The Kier molecular flexibility index (Phi) is 5.66. The molecule has 1 aromatic carbocycles. The molecule has 1 N–H and O–H groups in total. The van der Waals surface area contributed by atoms with Crippen molar-refractivity contribution in [1.82, 2.24) is 4.98 Å². The van der Waals surface area contributed by atoms with E-state index in [0.29, 0.717) is 5.88 Å². The van der Waals surface area contributed by atoms with E-state index in [9.17, 15) is 0 Å². The first-order valence-electron chi connectivity index (χ1n) is 8.48. The third kappa shape index (κ3) is 3.97. The molecule has 1 unspecified atom stereocenters. The zero-order valence-corrected chi connectivity index (χ0v) is 15.7. The Morgan fingerprint density at radius 3 is 2.29 bits per heavy atom. The molecule has 3 heteroatoms. The summed E-state index contributed by atoms with van der Waals surface area (Å²) in [6.07, 6.45) is 2.92. The van der Waals surface area contributed by atoms with Crippen LogP contribution in [0.25, 0.3) is 0 Å². The van der Waals surface area contributed by atoms with Crippen molar-refractivity contribution in [3.8, 4) is 11.6 Å². The number of rotatable bonds is 6. The minimum absolute atomic E-state index is 0.237. The van der Waals surface area contributed by atoms with Gasteiger partial charge in [0, 0.05) is 23.0 Å². The van der Waals surface area contributed by atoms with Crippen molar-refractivity contribution in [3.05, 3.63) is 58.8 Å². The molecule has 128 valence electrons.